The molecule has 72 valence electrons. The molecule has 0 unspecified atom stereocenters. The van der Waals surface area contributed by atoms with E-state index in [4.69, 9.17) is 11.6 Å². The normalized spacial score (nSPS) is 10.8. The molecule has 0 amide bonds. The van der Waals surface area contributed by atoms with Gasteiger partial charge in [-0.1, -0.05) is 11.6 Å². The molecule has 0 N–H and O–H groups in total. The first-order valence-corrected chi connectivity index (χ1v) is 4.55. The van der Waals surface area contributed by atoms with E-state index in [0.717, 1.165) is 18.5 Å². The van der Waals surface area contributed by atoms with Crippen molar-refractivity contribution in [3.63, 3.8) is 0 Å². The fourth-order valence-corrected chi connectivity index (χ4v) is 1.35. The molecule has 0 saturated heterocycles. The summed E-state index contributed by atoms with van der Waals surface area (Å²) in [7, 11) is 3.97. The van der Waals surface area contributed by atoms with Gasteiger partial charge in [0.05, 0.1) is 0 Å². The van der Waals surface area contributed by atoms with Gasteiger partial charge in [0.25, 0.3) is 0 Å². The van der Waals surface area contributed by atoms with E-state index >= 15 is 0 Å². The highest BCUT2D eigenvalue weighted by Gasteiger charge is 1.99. The van der Waals surface area contributed by atoms with Crippen molar-refractivity contribution in [1.82, 2.24) is 4.90 Å². The Kier molecular flexibility index (Phi) is 3.70. The van der Waals surface area contributed by atoms with Crippen LogP contribution in [0.5, 0.6) is 0 Å². The summed E-state index contributed by atoms with van der Waals surface area (Å²) in [6.45, 7) is 0.903. The Morgan fingerprint density at radius 3 is 2.54 bits per heavy atom. The molecule has 0 radical (unpaired) electrons. The van der Waals surface area contributed by atoms with Crippen molar-refractivity contribution in [2.75, 3.05) is 20.6 Å². The molecule has 0 aliphatic rings. The summed E-state index contributed by atoms with van der Waals surface area (Å²) in [4.78, 5) is 2.05. The number of hydrogen-bond donors (Lipinski definition) is 0. The van der Waals surface area contributed by atoms with E-state index in [1.807, 2.05) is 14.1 Å². The van der Waals surface area contributed by atoms with E-state index < -0.39 is 0 Å². The second-order valence-electron chi connectivity index (χ2n) is 3.33. The van der Waals surface area contributed by atoms with Crippen LogP contribution in [0.1, 0.15) is 5.56 Å². The lowest BCUT2D eigenvalue weighted by Gasteiger charge is -2.09. The van der Waals surface area contributed by atoms with Crippen LogP contribution in [0, 0.1) is 5.82 Å². The van der Waals surface area contributed by atoms with E-state index in [-0.39, 0.29) is 5.82 Å². The standard InChI is InChI=1S/C10H13ClFN/c1-13(2)4-3-8-5-9(11)7-10(12)6-8/h5-7H,3-4H2,1-2H3. The van der Waals surface area contributed by atoms with E-state index in [1.165, 1.54) is 12.1 Å². The van der Waals surface area contributed by atoms with Crippen LogP contribution in [-0.2, 0) is 6.42 Å². The molecule has 0 aliphatic carbocycles. The molecule has 0 heterocycles. The molecule has 0 atom stereocenters. The van der Waals surface area contributed by atoms with Gasteiger partial charge < -0.3 is 4.90 Å². The topological polar surface area (TPSA) is 3.24 Å². The third-order valence-electron chi connectivity index (χ3n) is 1.77. The summed E-state index contributed by atoms with van der Waals surface area (Å²) >= 11 is 5.71. The van der Waals surface area contributed by atoms with E-state index in [2.05, 4.69) is 4.90 Å². The highest BCUT2D eigenvalue weighted by Crippen LogP contribution is 2.14. The van der Waals surface area contributed by atoms with Gasteiger partial charge in [-0.25, -0.2) is 4.39 Å². The minimum atomic E-state index is -0.263. The zero-order valence-electron chi connectivity index (χ0n) is 7.85. The van der Waals surface area contributed by atoms with Gasteiger partial charge in [-0.3, -0.25) is 0 Å². The summed E-state index contributed by atoms with van der Waals surface area (Å²) < 4.78 is 12.9. The van der Waals surface area contributed by atoms with Crippen molar-refractivity contribution in [1.29, 1.82) is 0 Å². The largest absolute Gasteiger partial charge is 0.309 e. The van der Waals surface area contributed by atoms with Crippen LogP contribution < -0.4 is 0 Å². The Bertz CT molecular complexity index is 266. The lowest BCUT2D eigenvalue weighted by molar-refractivity contribution is 0.413. The van der Waals surface area contributed by atoms with Crippen molar-refractivity contribution in [2.45, 2.75) is 6.42 Å². The van der Waals surface area contributed by atoms with Gasteiger partial charge in [0.15, 0.2) is 0 Å². The molecule has 1 rings (SSSR count). The zero-order valence-corrected chi connectivity index (χ0v) is 8.61. The van der Waals surface area contributed by atoms with Crippen LogP contribution in [0.4, 0.5) is 4.39 Å². The molecule has 13 heavy (non-hydrogen) atoms. The maximum absolute atomic E-state index is 12.9. The number of rotatable bonds is 3. The van der Waals surface area contributed by atoms with Crippen molar-refractivity contribution in [3.05, 3.63) is 34.6 Å². The third kappa shape index (κ3) is 3.75. The highest BCUT2D eigenvalue weighted by molar-refractivity contribution is 6.30. The van der Waals surface area contributed by atoms with Crippen LogP contribution in [0.25, 0.3) is 0 Å². The lowest BCUT2D eigenvalue weighted by atomic mass is 10.1. The number of likely N-dealkylation sites (N-methyl/N-ethyl adjacent to an activating group) is 1. The lowest BCUT2D eigenvalue weighted by Crippen LogP contribution is -2.15. The first-order chi connectivity index (χ1) is 6.08. The number of nitrogens with zero attached hydrogens (tertiary/aromatic N) is 1. The minimum absolute atomic E-state index is 0.263. The van der Waals surface area contributed by atoms with Crippen LogP contribution in [0.15, 0.2) is 18.2 Å². The molecule has 0 bridgehead atoms. The van der Waals surface area contributed by atoms with Crippen molar-refractivity contribution >= 4 is 11.6 Å². The second-order valence-corrected chi connectivity index (χ2v) is 3.77. The minimum Gasteiger partial charge on any atom is -0.309 e. The number of benzene rings is 1. The van der Waals surface area contributed by atoms with Gasteiger partial charge in [-0.15, -0.1) is 0 Å². The maximum Gasteiger partial charge on any atom is 0.124 e. The average molecular weight is 202 g/mol. The fraction of sp³-hybridized carbons (Fsp3) is 0.400. The van der Waals surface area contributed by atoms with Crippen molar-refractivity contribution in [3.8, 4) is 0 Å². The van der Waals surface area contributed by atoms with Gasteiger partial charge in [0.1, 0.15) is 5.82 Å². The van der Waals surface area contributed by atoms with Gasteiger partial charge in [-0.05, 0) is 44.3 Å². The summed E-state index contributed by atoms with van der Waals surface area (Å²) in [5.41, 5.74) is 0.943. The summed E-state index contributed by atoms with van der Waals surface area (Å²) in [5.74, 6) is -0.263. The molecule has 0 spiro atoms. The third-order valence-corrected chi connectivity index (χ3v) is 1.99. The molecule has 0 aromatic heterocycles. The fourth-order valence-electron chi connectivity index (χ4n) is 1.11. The Morgan fingerprint density at radius 2 is 2.00 bits per heavy atom. The van der Waals surface area contributed by atoms with Crippen molar-refractivity contribution < 1.29 is 4.39 Å². The first kappa shape index (κ1) is 10.5. The van der Waals surface area contributed by atoms with Gasteiger partial charge in [0.2, 0.25) is 0 Å². The molecule has 1 aromatic carbocycles. The Morgan fingerprint density at radius 1 is 1.31 bits per heavy atom. The van der Waals surface area contributed by atoms with E-state index in [1.54, 1.807) is 6.07 Å². The van der Waals surface area contributed by atoms with Crippen LogP contribution in [0.2, 0.25) is 5.02 Å². The highest BCUT2D eigenvalue weighted by atomic mass is 35.5. The molecule has 0 saturated carbocycles. The monoisotopic (exact) mass is 201 g/mol. The SMILES string of the molecule is CN(C)CCc1cc(F)cc(Cl)c1. The van der Waals surface area contributed by atoms with E-state index in [0.29, 0.717) is 5.02 Å². The van der Waals surface area contributed by atoms with Gasteiger partial charge in [0, 0.05) is 11.6 Å². The molecule has 1 aromatic rings. The Hall–Kier alpha value is -0.600. The molecule has 3 heteroatoms. The molecule has 1 nitrogen and oxygen atoms in total. The average Bonchev–Trinajstić information content (AvgIpc) is 1.99. The summed E-state index contributed by atoms with van der Waals surface area (Å²) in [5, 5.41) is 0.466. The molecular formula is C10H13ClFN. The van der Waals surface area contributed by atoms with Crippen LogP contribution in [0.3, 0.4) is 0 Å². The quantitative estimate of drug-likeness (QED) is 0.727. The Labute approximate surface area is 83.1 Å². The van der Waals surface area contributed by atoms with Gasteiger partial charge in [-0.2, -0.15) is 0 Å². The number of hydrogen-bond acceptors (Lipinski definition) is 1. The first-order valence-electron chi connectivity index (χ1n) is 4.17. The van der Waals surface area contributed by atoms with Crippen molar-refractivity contribution in [2.24, 2.45) is 0 Å². The molecule has 0 aliphatic heterocycles. The van der Waals surface area contributed by atoms with E-state index in [9.17, 15) is 4.39 Å². The predicted molar refractivity (Wildman–Crippen MR) is 53.7 cm³/mol. The molecular weight excluding hydrogens is 189 g/mol. The maximum atomic E-state index is 12.9. The molecule has 0 fully saturated rings. The number of halogens is 2. The summed E-state index contributed by atoms with van der Waals surface area (Å²) in [6.07, 6.45) is 0.824. The van der Waals surface area contributed by atoms with Gasteiger partial charge >= 0.3 is 0 Å². The summed E-state index contributed by atoms with van der Waals surface area (Å²) in [6, 6.07) is 4.64. The van der Waals surface area contributed by atoms with Crippen LogP contribution >= 0.6 is 11.6 Å². The zero-order chi connectivity index (χ0) is 9.84. The van der Waals surface area contributed by atoms with Crippen LogP contribution in [-0.4, -0.2) is 25.5 Å². The Balaban J connectivity index is 2.66. The second kappa shape index (κ2) is 4.58. The predicted octanol–water partition coefficient (Wildman–Crippen LogP) is 2.58. The smallest absolute Gasteiger partial charge is 0.124 e.